The first kappa shape index (κ1) is 14.8. The Morgan fingerprint density at radius 2 is 1.13 bits per heavy atom. The summed E-state index contributed by atoms with van der Waals surface area (Å²) < 4.78 is 0. The quantitative estimate of drug-likeness (QED) is 0.592. The van der Waals surface area contributed by atoms with Crippen molar-refractivity contribution in [3.63, 3.8) is 0 Å². The van der Waals surface area contributed by atoms with Crippen LogP contribution in [0.25, 0.3) is 4.98 Å². The van der Waals surface area contributed by atoms with Crippen LogP contribution in [0.4, 0.5) is 11.4 Å². The molecule has 3 aromatic rings. The van der Waals surface area contributed by atoms with E-state index < -0.39 is 0 Å². The van der Waals surface area contributed by atoms with E-state index in [-0.39, 0.29) is 0 Å². The molecule has 0 aliphatic carbocycles. The van der Waals surface area contributed by atoms with Crippen molar-refractivity contribution in [2.75, 3.05) is 4.90 Å². The molecular formula is C20H18N3+. The number of benzene rings is 3. The number of anilines is 1. The Morgan fingerprint density at radius 3 is 1.57 bits per heavy atom. The zero-order valence-electron chi connectivity index (χ0n) is 12.8. The summed E-state index contributed by atoms with van der Waals surface area (Å²) in [5.74, 6) is 0. The van der Waals surface area contributed by atoms with Gasteiger partial charge in [0.15, 0.2) is 4.98 Å². The normalized spacial score (nSPS) is 10.0. The minimum absolute atomic E-state index is 0.563. The molecule has 0 spiro atoms. The van der Waals surface area contributed by atoms with Gasteiger partial charge in [-0.25, -0.2) is 0 Å². The van der Waals surface area contributed by atoms with E-state index in [2.05, 4.69) is 58.4 Å². The first-order valence-corrected chi connectivity index (χ1v) is 7.63. The molecule has 23 heavy (non-hydrogen) atoms. The van der Waals surface area contributed by atoms with E-state index in [4.69, 9.17) is 5.39 Å². The summed E-state index contributed by atoms with van der Waals surface area (Å²) in [5.41, 5.74) is 4.19. The molecule has 0 aliphatic rings. The van der Waals surface area contributed by atoms with Gasteiger partial charge in [-0.1, -0.05) is 60.7 Å². The molecule has 0 aromatic heterocycles. The molecule has 0 amide bonds. The second-order valence-corrected chi connectivity index (χ2v) is 5.44. The third-order valence-corrected chi connectivity index (χ3v) is 3.76. The topological polar surface area (TPSA) is 31.4 Å². The number of diazo groups is 1. The molecule has 0 fully saturated rings. The summed E-state index contributed by atoms with van der Waals surface area (Å²) in [7, 11) is 0. The maximum atomic E-state index is 8.85. The SMILES string of the molecule is N#[N+]c1ccc(N(Cc2ccccc2)Cc2ccccc2)cc1. The van der Waals surface area contributed by atoms with Gasteiger partial charge in [0.25, 0.3) is 0 Å². The number of nitrogens with zero attached hydrogens (tertiary/aromatic N) is 3. The summed E-state index contributed by atoms with van der Waals surface area (Å²) in [6, 6.07) is 28.4. The van der Waals surface area contributed by atoms with E-state index in [1.54, 1.807) is 0 Å². The molecule has 0 N–H and O–H groups in total. The molecule has 3 rings (SSSR count). The van der Waals surface area contributed by atoms with Gasteiger partial charge in [-0.15, -0.1) is 0 Å². The molecule has 0 saturated carbocycles. The Labute approximate surface area is 136 Å². The van der Waals surface area contributed by atoms with E-state index in [1.165, 1.54) is 11.1 Å². The zero-order valence-corrected chi connectivity index (χ0v) is 12.8. The Hall–Kier alpha value is -3.12. The smallest absolute Gasteiger partial charge is 0.363 e. The lowest BCUT2D eigenvalue weighted by molar-refractivity contribution is 0.800. The summed E-state index contributed by atoms with van der Waals surface area (Å²) in [5, 5.41) is 8.85. The highest BCUT2D eigenvalue weighted by Crippen LogP contribution is 2.23. The Balaban J connectivity index is 1.87. The molecular weight excluding hydrogens is 282 g/mol. The largest absolute Gasteiger partial charge is 0.385 e. The average molecular weight is 300 g/mol. The van der Waals surface area contributed by atoms with Crippen LogP contribution in [0.3, 0.4) is 0 Å². The molecule has 3 heteroatoms. The maximum absolute atomic E-state index is 8.85. The highest BCUT2D eigenvalue weighted by Gasteiger charge is 2.11. The fourth-order valence-electron chi connectivity index (χ4n) is 2.58. The van der Waals surface area contributed by atoms with E-state index in [0.717, 1.165) is 18.8 Å². The van der Waals surface area contributed by atoms with Crippen LogP contribution in [0.1, 0.15) is 11.1 Å². The van der Waals surface area contributed by atoms with Crippen LogP contribution >= 0.6 is 0 Å². The van der Waals surface area contributed by atoms with Crippen molar-refractivity contribution in [2.45, 2.75) is 13.1 Å². The fraction of sp³-hybridized carbons (Fsp3) is 0.100. The van der Waals surface area contributed by atoms with Crippen LogP contribution in [-0.2, 0) is 13.1 Å². The van der Waals surface area contributed by atoms with Gasteiger partial charge in [0.05, 0.1) is 0 Å². The van der Waals surface area contributed by atoms with Crippen molar-refractivity contribution in [1.29, 1.82) is 5.39 Å². The minimum atomic E-state index is 0.563. The third kappa shape index (κ3) is 3.96. The van der Waals surface area contributed by atoms with Gasteiger partial charge >= 0.3 is 5.69 Å². The minimum Gasteiger partial charge on any atom is -0.363 e. The Morgan fingerprint density at radius 1 is 0.652 bits per heavy atom. The van der Waals surface area contributed by atoms with Gasteiger partial charge in [0, 0.05) is 30.9 Å². The monoisotopic (exact) mass is 300 g/mol. The maximum Gasteiger partial charge on any atom is 0.385 e. The van der Waals surface area contributed by atoms with Crippen LogP contribution in [0, 0.1) is 5.39 Å². The van der Waals surface area contributed by atoms with Gasteiger partial charge in [0.2, 0.25) is 5.39 Å². The zero-order chi connectivity index (χ0) is 15.9. The van der Waals surface area contributed by atoms with Crippen molar-refractivity contribution in [3.05, 3.63) is 101 Å². The van der Waals surface area contributed by atoms with Crippen molar-refractivity contribution >= 4 is 11.4 Å². The summed E-state index contributed by atoms with van der Waals surface area (Å²) in [6.07, 6.45) is 0. The standard InChI is InChI=1S/C20H18N3/c21-22-19-11-13-20(14-12-19)23(15-17-7-3-1-4-8-17)16-18-9-5-2-6-10-18/h1-14H,15-16H2/q+1. The van der Waals surface area contributed by atoms with Crippen LogP contribution in [-0.4, -0.2) is 0 Å². The van der Waals surface area contributed by atoms with Gasteiger partial charge in [-0.2, -0.15) is 0 Å². The number of hydrogen-bond donors (Lipinski definition) is 0. The fourth-order valence-corrected chi connectivity index (χ4v) is 2.58. The molecule has 0 radical (unpaired) electrons. The van der Waals surface area contributed by atoms with Crippen molar-refractivity contribution in [1.82, 2.24) is 0 Å². The molecule has 112 valence electrons. The summed E-state index contributed by atoms with van der Waals surface area (Å²) >= 11 is 0. The van der Waals surface area contributed by atoms with Crippen LogP contribution in [0.15, 0.2) is 84.9 Å². The van der Waals surface area contributed by atoms with Gasteiger partial charge in [-0.3, -0.25) is 0 Å². The van der Waals surface area contributed by atoms with Gasteiger partial charge in [0.1, 0.15) is 0 Å². The predicted molar refractivity (Wildman–Crippen MR) is 94.0 cm³/mol. The lowest BCUT2D eigenvalue weighted by Crippen LogP contribution is -2.21. The van der Waals surface area contributed by atoms with E-state index in [1.807, 2.05) is 36.4 Å². The molecule has 3 aromatic carbocycles. The van der Waals surface area contributed by atoms with Crippen LogP contribution in [0.2, 0.25) is 0 Å². The van der Waals surface area contributed by atoms with Crippen molar-refractivity contribution < 1.29 is 0 Å². The average Bonchev–Trinajstić information content (AvgIpc) is 2.63. The first-order chi connectivity index (χ1) is 11.3. The second-order valence-electron chi connectivity index (χ2n) is 5.44. The highest BCUT2D eigenvalue weighted by molar-refractivity contribution is 5.55. The van der Waals surface area contributed by atoms with Crippen molar-refractivity contribution in [3.8, 4) is 0 Å². The Bertz CT molecular complexity index is 733. The molecule has 0 saturated heterocycles. The third-order valence-electron chi connectivity index (χ3n) is 3.76. The van der Waals surface area contributed by atoms with Crippen LogP contribution in [0.5, 0.6) is 0 Å². The second kappa shape index (κ2) is 7.24. The van der Waals surface area contributed by atoms with E-state index in [0.29, 0.717) is 5.69 Å². The summed E-state index contributed by atoms with van der Waals surface area (Å²) in [6.45, 7) is 1.65. The molecule has 0 unspecified atom stereocenters. The molecule has 0 aliphatic heterocycles. The lowest BCUT2D eigenvalue weighted by Gasteiger charge is -2.25. The van der Waals surface area contributed by atoms with Gasteiger partial charge in [-0.05, 0) is 23.3 Å². The first-order valence-electron chi connectivity index (χ1n) is 7.63. The highest BCUT2D eigenvalue weighted by atomic mass is 15.1. The van der Waals surface area contributed by atoms with E-state index >= 15 is 0 Å². The Kier molecular flexibility index (Phi) is 4.66. The van der Waals surface area contributed by atoms with Crippen molar-refractivity contribution in [2.24, 2.45) is 0 Å². The summed E-state index contributed by atoms with van der Waals surface area (Å²) in [4.78, 5) is 5.53. The predicted octanol–water partition coefficient (Wildman–Crippen LogP) is 5.38. The number of rotatable bonds is 5. The molecule has 0 atom stereocenters. The van der Waals surface area contributed by atoms with Gasteiger partial charge < -0.3 is 4.90 Å². The van der Waals surface area contributed by atoms with Crippen LogP contribution < -0.4 is 4.90 Å². The molecule has 0 bridgehead atoms. The lowest BCUT2D eigenvalue weighted by atomic mass is 10.1. The molecule has 3 nitrogen and oxygen atoms in total. The van der Waals surface area contributed by atoms with E-state index in [9.17, 15) is 0 Å². The molecule has 0 heterocycles. The number of hydrogen-bond acceptors (Lipinski definition) is 2.